The van der Waals surface area contributed by atoms with Crippen LogP contribution < -0.4 is 20.5 Å². The van der Waals surface area contributed by atoms with E-state index in [1.54, 1.807) is 32.3 Å². The SMILES string of the molecule is CCCCCCCCCCCCS(=O)(=O)Nc1ccc(Cl)c(NC(=O)C(=Nc2ccc(N(CC)CCO)cc2C)c2nc3ccc(Cl)cc3c(=O)n2CCC(=O)ON(C)C)c1. The number of carbonyl (C=O) groups is 2. The number of nitrogens with zero attached hydrogens (tertiary/aromatic N) is 5. The predicted octanol–water partition coefficient (Wildman–Crippen LogP) is 8.66. The van der Waals surface area contributed by atoms with Crippen LogP contribution in [0.1, 0.15) is 95.9 Å². The van der Waals surface area contributed by atoms with E-state index in [9.17, 15) is 27.9 Å². The highest BCUT2D eigenvalue weighted by molar-refractivity contribution is 7.92. The number of fused-ring (bicyclic) bond motifs is 1. The molecule has 1 amide bonds. The molecule has 0 aliphatic carbocycles. The second kappa shape index (κ2) is 24.2. The number of anilines is 3. The predicted molar refractivity (Wildman–Crippen MR) is 247 cm³/mol. The molecule has 3 N–H and O–H groups in total. The van der Waals surface area contributed by atoms with Crippen molar-refractivity contribution in [3.05, 3.63) is 86.4 Å². The highest BCUT2D eigenvalue weighted by Gasteiger charge is 2.25. The van der Waals surface area contributed by atoms with E-state index in [4.69, 9.17) is 38.0 Å². The Kier molecular flexibility index (Phi) is 19.5. The average Bonchev–Trinajstić information content (AvgIpc) is 3.20. The van der Waals surface area contributed by atoms with Gasteiger partial charge in [0, 0.05) is 44.4 Å². The number of hydrogen-bond acceptors (Lipinski definition) is 11. The van der Waals surface area contributed by atoms with Gasteiger partial charge in [-0.15, -0.1) is 5.06 Å². The number of hydroxylamine groups is 2. The average molecular weight is 901 g/mol. The molecule has 4 aromatic rings. The van der Waals surface area contributed by atoms with E-state index in [0.717, 1.165) is 31.4 Å². The Bertz CT molecular complexity index is 2320. The Labute approximate surface area is 369 Å². The van der Waals surface area contributed by atoms with E-state index in [2.05, 4.69) is 17.0 Å². The molecule has 0 atom stereocenters. The summed E-state index contributed by atoms with van der Waals surface area (Å²) in [4.78, 5) is 58.2. The number of aliphatic hydroxyl groups excluding tert-OH is 1. The van der Waals surface area contributed by atoms with Gasteiger partial charge in [-0.3, -0.25) is 23.7 Å². The molecule has 0 aliphatic rings. The van der Waals surface area contributed by atoms with Crippen LogP contribution in [0, 0.1) is 6.92 Å². The minimum Gasteiger partial charge on any atom is -0.395 e. The van der Waals surface area contributed by atoms with Crippen molar-refractivity contribution in [2.24, 2.45) is 4.99 Å². The zero-order valence-electron chi connectivity index (χ0n) is 35.8. The van der Waals surface area contributed by atoms with Crippen LogP contribution in [0.25, 0.3) is 10.9 Å². The summed E-state index contributed by atoms with van der Waals surface area (Å²) in [6.45, 7) is 6.76. The standard InChI is InChI=1S/C44H59Cl2N7O7S/c1-6-8-9-10-11-12-13-14-15-16-27-61(58,59)50-33-18-20-36(46)39(30-33)49-43(56)41(47-37-22-19-34(28-31(37)3)52(7-2)25-26-54)42-48-38-21-17-32(45)29-35(38)44(57)53(42)24-23-40(55)60-51(4)5/h17-22,28-30,50,54H,6-16,23-27H2,1-5H3,(H,49,56). The number of benzene rings is 3. The van der Waals surface area contributed by atoms with E-state index in [1.807, 2.05) is 30.9 Å². The van der Waals surface area contributed by atoms with Crippen LogP contribution in [0.15, 0.2) is 64.4 Å². The summed E-state index contributed by atoms with van der Waals surface area (Å²) in [5, 5.41) is 14.1. The van der Waals surface area contributed by atoms with Gasteiger partial charge >= 0.3 is 5.97 Å². The van der Waals surface area contributed by atoms with Crippen LogP contribution in [-0.2, 0) is 31.0 Å². The lowest BCUT2D eigenvalue weighted by molar-refractivity contribution is -0.178. The van der Waals surface area contributed by atoms with E-state index in [-0.39, 0.29) is 69.2 Å². The Hall–Kier alpha value is -4.54. The molecule has 0 spiro atoms. The molecule has 4 rings (SSSR count). The van der Waals surface area contributed by atoms with Gasteiger partial charge in [-0.1, -0.05) is 87.9 Å². The highest BCUT2D eigenvalue weighted by atomic mass is 35.5. The fourth-order valence-corrected chi connectivity index (χ4v) is 8.29. The number of aliphatic imine (C=N–C) groups is 1. The molecular weight excluding hydrogens is 841 g/mol. The smallest absolute Gasteiger partial charge is 0.326 e. The fourth-order valence-electron chi connectivity index (χ4n) is 6.78. The van der Waals surface area contributed by atoms with Crippen molar-refractivity contribution >= 4 is 84.5 Å². The molecule has 3 aromatic carbocycles. The van der Waals surface area contributed by atoms with Crippen LogP contribution in [0.4, 0.5) is 22.7 Å². The zero-order valence-corrected chi connectivity index (χ0v) is 38.1. The molecule has 0 saturated carbocycles. The lowest BCUT2D eigenvalue weighted by Gasteiger charge is -2.22. The van der Waals surface area contributed by atoms with Crippen molar-refractivity contribution in [3.63, 3.8) is 0 Å². The molecule has 61 heavy (non-hydrogen) atoms. The Morgan fingerprint density at radius 2 is 1.61 bits per heavy atom. The van der Waals surface area contributed by atoms with Gasteiger partial charge < -0.3 is 20.2 Å². The third-order valence-electron chi connectivity index (χ3n) is 9.95. The number of aryl methyl sites for hydroxylation is 1. The molecule has 1 aromatic heterocycles. The largest absolute Gasteiger partial charge is 0.395 e. The van der Waals surface area contributed by atoms with E-state index >= 15 is 0 Å². The monoisotopic (exact) mass is 899 g/mol. The van der Waals surface area contributed by atoms with Crippen molar-refractivity contribution in [2.75, 3.05) is 54.5 Å². The summed E-state index contributed by atoms with van der Waals surface area (Å²) >= 11 is 12.9. The summed E-state index contributed by atoms with van der Waals surface area (Å²) in [6.07, 6.45) is 10.5. The molecule has 0 radical (unpaired) electrons. The summed E-state index contributed by atoms with van der Waals surface area (Å²) in [6, 6.07) is 14.3. The number of aliphatic hydroxyl groups is 1. The van der Waals surface area contributed by atoms with Crippen molar-refractivity contribution in [1.82, 2.24) is 14.6 Å². The maximum Gasteiger partial charge on any atom is 0.326 e. The normalized spacial score (nSPS) is 11.9. The quantitative estimate of drug-likeness (QED) is 0.0332. The van der Waals surface area contributed by atoms with Gasteiger partial charge in [0.05, 0.1) is 51.8 Å². The third-order valence-corrected chi connectivity index (χ3v) is 11.9. The van der Waals surface area contributed by atoms with Crippen LogP contribution in [0.5, 0.6) is 0 Å². The summed E-state index contributed by atoms with van der Waals surface area (Å²) in [5.74, 6) is -1.67. The molecule has 17 heteroatoms. The lowest BCUT2D eigenvalue weighted by Crippen LogP contribution is -2.34. The van der Waals surface area contributed by atoms with Gasteiger partial charge in [0.2, 0.25) is 10.0 Å². The van der Waals surface area contributed by atoms with E-state index < -0.39 is 27.5 Å². The Morgan fingerprint density at radius 3 is 2.25 bits per heavy atom. The number of amides is 1. The third kappa shape index (κ3) is 15.1. The Balaban J connectivity index is 1.69. The summed E-state index contributed by atoms with van der Waals surface area (Å²) < 4.78 is 30.0. The number of aromatic nitrogens is 2. The second-order valence-corrected chi connectivity index (χ2v) is 17.8. The van der Waals surface area contributed by atoms with Gasteiger partial charge in [-0.25, -0.2) is 18.4 Å². The number of halogens is 2. The molecule has 1 heterocycles. The van der Waals surface area contributed by atoms with Crippen molar-refractivity contribution in [3.8, 4) is 0 Å². The maximum absolute atomic E-state index is 14.6. The number of nitrogens with one attached hydrogen (secondary N) is 2. The number of hydrogen-bond donors (Lipinski definition) is 3. The molecule has 14 nitrogen and oxygen atoms in total. The minimum atomic E-state index is -3.72. The lowest BCUT2D eigenvalue weighted by atomic mass is 10.1. The van der Waals surface area contributed by atoms with Crippen molar-refractivity contribution in [2.45, 2.75) is 97.9 Å². The fraction of sp³-hybridized carbons (Fsp3) is 0.477. The number of carbonyl (C=O) groups excluding carboxylic acids is 2. The Morgan fingerprint density at radius 1 is 0.918 bits per heavy atom. The number of sulfonamides is 1. The van der Waals surface area contributed by atoms with Crippen LogP contribution in [0.2, 0.25) is 10.0 Å². The molecular formula is C44H59Cl2N7O7S. The van der Waals surface area contributed by atoms with Crippen molar-refractivity contribution < 1.29 is 28.0 Å². The first kappa shape index (κ1) is 49.1. The number of unbranched alkanes of at least 4 members (excludes halogenated alkanes) is 9. The molecule has 0 aliphatic heterocycles. The first-order valence-electron chi connectivity index (χ1n) is 20.9. The molecule has 0 bridgehead atoms. The topological polar surface area (TPSA) is 176 Å². The summed E-state index contributed by atoms with van der Waals surface area (Å²) in [7, 11) is -0.628. The molecule has 332 valence electrons. The van der Waals surface area contributed by atoms with Crippen LogP contribution in [0.3, 0.4) is 0 Å². The minimum absolute atomic E-state index is 0.0415. The van der Waals surface area contributed by atoms with Gasteiger partial charge in [-0.05, 0) is 80.4 Å². The van der Waals surface area contributed by atoms with Gasteiger partial charge in [0.25, 0.3) is 11.5 Å². The van der Waals surface area contributed by atoms with Gasteiger partial charge in [-0.2, -0.15) is 0 Å². The van der Waals surface area contributed by atoms with Crippen LogP contribution >= 0.6 is 23.2 Å². The first-order valence-corrected chi connectivity index (χ1v) is 23.3. The molecule has 0 fully saturated rings. The second-order valence-electron chi connectivity index (χ2n) is 15.1. The van der Waals surface area contributed by atoms with Crippen LogP contribution in [-0.4, -0.2) is 85.3 Å². The molecule has 0 unspecified atom stereocenters. The van der Waals surface area contributed by atoms with E-state index in [1.165, 1.54) is 66.0 Å². The zero-order chi connectivity index (χ0) is 44.5. The van der Waals surface area contributed by atoms with E-state index in [0.29, 0.717) is 30.8 Å². The van der Waals surface area contributed by atoms with Crippen molar-refractivity contribution in [1.29, 1.82) is 0 Å². The number of rotatable bonds is 25. The first-order chi connectivity index (χ1) is 29.2. The maximum atomic E-state index is 14.6. The highest BCUT2D eigenvalue weighted by Crippen LogP contribution is 2.29. The van der Waals surface area contributed by atoms with Gasteiger partial charge in [0.15, 0.2) is 11.5 Å². The summed E-state index contributed by atoms with van der Waals surface area (Å²) in [5.41, 5.74) is 1.49. The molecule has 0 saturated heterocycles. The van der Waals surface area contributed by atoms with Gasteiger partial charge in [0.1, 0.15) is 0 Å². The number of likely N-dealkylation sites (N-methyl/N-ethyl adjacent to an activating group) is 1.